The van der Waals surface area contributed by atoms with Gasteiger partial charge in [0.25, 0.3) is 0 Å². The smallest absolute Gasteiger partial charge is 0.0731 e. The lowest BCUT2D eigenvalue weighted by Crippen LogP contribution is -2.43. The lowest BCUT2D eigenvalue weighted by Gasteiger charge is -2.28. The van der Waals surface area contributed by atoms with Gasteiger partial charge in [0.2, 0.25) is 0 Å². The van der Waals surface area contributed by atoms with Gasteiger partial charge in [-0.1, -0.05) is 49.5 Å². The zero-order valence-electron chi connectivity index (χ0n) is 12.6. The van der Waals surface area contributed by atoms with Crippen LogP contribution in [0.5, 0.6) is 0 Å². The molecule has 2 atom stereocenters. The molecule has 20 heavy (non-hydrogen) atoms. The molecule has 1 rings (SSSR count). The third kappa shape index (κ3) is 5.61. The summed E-state index contributed by atoms with van der Waals surface area (Å²) in [7, 11) is 0. The summed E-state index contributed by atoms with van der Waals surface area (Å²) >= 11 is 12.1. The fourth-order valence-electron chi connectivity index (χ4n) is 2.42. The molecule has 0 aliphatic heterocycles. The van der Waals surface area contributed by atoms with Crippen LogP contribution in [-0.2, 0) is 11.2 Å². The summed E-state index contributed by atoms with van der Waals surface area (Å²) in [6, 6.07) is 6.14. The van der Waals surface area contributed by atoms with Crippen molar-refractivity contribution in [3.05, 3.63) is 33.8 Å². The van der Waals surface area contributed by atoms with Crippen molar-refractivity contribution in [3.63, 3.8) is 0 Å². The maximum Gasteiger partial charge on any atom is 0.0731 e. The van der Waals surface area contributed by atoms with Gasteiger partial charge in [0.15, 0.2) is 0 Å². The Morgan fingerprint density at radius 2 is 1.90 bits per heavy atom. The number of halogens is 2. The molecule has 0 amide bonds. The van der Waals surface area contributed by atoms with E-state index in [1.165, 1.54) is 5.56 Å². The first-order valence-corrected chi connectivity index (χ1v) is 8.16. The minimum Gasteiger partial charge on any atom is -0.377 e. The minimum atomic E-state index is 0.236. The molecule has 0 aromatic heterocycles. The highest BCUT2D eigenvalue weighted by Gasteiger charge is 2.21. The molecule has 0 aliphatic carbocycles. The summed E-state index contributed by atoms with van der Waals surface area (Å²) in [4.78, 5) is 0. The molecule has 0 radical (unpaired) electrons. The van der Waals surface area contributed by atoms with Crippen molar-refractivity contribution < 1.29 is 4.74 Å². The Kier molecular flexibility index (Phi) is 8.55. The molecule has 0 saturated heterocycles. The van der Waals surface area contributed by atoms with Crippen LogP contribution in [0.4, 0.5) is 0 Å². The molecule has 0 bridgehead atoms. The summed E-state index contributed by atoms with van der Waals surface area (Å²) in [5.41, 5.74) is 1.19. The van der Waals surface area contributed by atoms with Crippen LogP contribution in [0, 0.1) is 0 Å². The summed E-state index contributed by atoms with van der Waals surface area (Å²) < 4.78 is 5.90. The molecular weight excluding hydrogens is 293 g/mol. The number of ether oxygens (including phenoxy) is 1. The number of rotatable bonds is 9. The molecule has 4 heteroatoms. The third-order valence-electron chi connectivity index (χ3n) is 3.31. The lowest BCUT2D eigenvalue weighted by molar-refractivity contribution is 0.0285. The fourth-order valence-corrected chi connectivity index (χ4v) is 2.74. The highest BCUT2D eigenvalue weighted by molar-refractivity contribution is 6.42. The molecule has 2 unspecified atom stereocenters. The first kappa shape index (κ1) is 17.8. The van der Waals surface area contributed by atoms with Gasteiger partial charge in [-0.15, -0.1) is 0 Å². The SMILES string of the molecule is CCCC(OCC)C(Cc1ccc(Cl)c(Cl)c1)NCC. The van der Waals surface area contributed by atoms with Crippen LogP contribution in [0.15, 0.2) is 18.2 Å². The average Bonchev–Trinajstić information content (AvgIpc) is 2.42. The molecule has 2 nitrogen and oxygen atoms in total. The lowest BCUT2D eigenvalue weighted by atomic mass is 9.98. The van der Waals surface area contributed by atoms with Gasteiger partial charge in [0.1, 0.15) is 0 Å². The van der Waals surface area contributed by atoms with E-state index in [-0.39, 0.29) is 6.10 Å². The highest BCUT2D eigenvalue weighted by atomic mass is 35.5. The monoisotopic (exact) mass is 317 g/mol. The van der Waals surface area contributed by atoms with Crippen molar-refractivity contribution in [3.8, 4) is 0 Å². The number of hydrogen-bond acceptors (Lipinski definition) is 2. The van der Waals surface area contributed by atoms with E-state index >= 15 is 0 Å². The summed E-state index contributed by atoms with van der Waals surface area (Å²) in [5, 5.41) is 4.75. The van der Waals surface area contributed by atoms with E-state index in [4.69, 9.17) is 27.9 Å². The Hall–Kier alpha value is -0.280. The second kappa shape index (κ2) is 9.62. The molecule has 1 aromatic carbocycles. The van der Waals surface area contributed by atoms with Crippen LogP contribution in [0.25, 0.3) is 0 Å². The highest BCUT2D eigenvalue weighted by Crippen LogP contribution is 2.24. The van der Waals surface area contributed by atoms with Gasteiger partial charge in [0.05, 0.1) is 16.1 Å². The normalized spacial score (nSPS) is 14.2. The second-order valence-electron chi connectivity index (χ2n) is 4.90. The molecule has 0 spiro atoms. The Morgan fingerprint density at radius 1 is 1.15 bits per heavy atom. The number of nitrogens with one attached hydrogen (secondary N) is 1. The molecule has 0 fully saturated rings. The molecule has 0 saturated carbocycles. The van der Waals surface area contributed by atoms with Crippen LogP contribution in [0.3, 0.4) is 0 Å². The fraction of sp³-hybridized carbons (Fsp3) is 0.625. The Labute approximate surface area is 132 Å². The molecule has 114 valence electrons. The van der Waals surface area contributed by atoms with Crippen LogP contribution < -0.4 is 5.32 Å². The van der Waals surface area contributed by atoms with E-state index in [2.05, 4.69) is 19.2 Å². The van der Waals surface area contributed by atoms with E-state index in [9.17, 15) is 0 Å². The first-order chi connectivity index (χ1) is 9.62. The van der Waals surface area contributed by atoms with Gasteiger partial charge in [0, 0.05) is 12.6 Å². The van der Waals surface area contributed by atoms with E-state index < -0.39 is 0 Å². The Bertz CT molecular complexity index is 392. The predicted octanol–water partition coefficient (Wildman–Crippen LogP) is 4.72. The van der Waals surface area contributed by atoms with E-state index in [0.29, 0.717) is 16.1 Å². The van der Waals surface area contributed by atoms with Crippen LogP contribution >= 0.6 is 23.2 Å². The van der Waals surface area contributed by atoms with Gasteiger partial charge >= 0.3 is 0 Å². The van der Waals surface area contributed by atoms with Crippen molar-refractivity contribution >= 4 is 23.2 Å². The van der Waals surface area contributed by atoms with Gasteiger partial charge in [-0.3, -0.25) is 0 Å². The average molecular weight is 318 g/mol. The van der Waals surface area contributed by atoms with Crippen LogP contribution in [0.2, 0.25) is 10.0 Å². The molecular formula is C16H25Cl2NO. The van der Waals surface area contributed by atoms with E-state index in [1.54, 1.807) is 0 Å². The first-order valence-electron chi connectivity index (χ1n) is 7.41. The molecule has 1 aromatic rings. The molecule has 0 heterocycles. The zero-order chi connectivity index (χ0) is 15.0. The predicted molar refractivity (Wildman–Crippen MR) is 88.0 cm³/mol. The van der Waals surface area contributed by atoms with Gasteiger partial charge < -0.3 is 10.1 Å². The zero-order valence-corrected chi connectivity index (χ0v) is 14.1. The standard InChI is InChI=1S/C16H25Cl2NO/c1-4-7-16(20-6-3)15(19-5-2)11-12-8-9-13(17)14(18)10-12/h8-10,15-16,19H,4-7,11H2,1-3H3. The van der Waals surface area contributed by atoms with E-state index in [0.717, 1.165) is 32.4 Å². The van der Waals surface area contributed by atoms with Crippen LogP contribution in [0.1, 0.15) is 39.2 Å². The van der Waals surface area contributed by atoms with Crippen molar-refractivity contribution in [2.45, 2.75) is 52.2 Å². The van der Waals surface area contributed by atoms with Gasteiger partial charge in [-0.05, 0) is 44.0 Å². The summed E-state index contributed by atoms with van der Waals surface area (Å²) in [5.74, 6) is 0. The number of benzene rings is 1. The number of likely N-dealkylation sites (N-methyl/N-ethyl adjacent to an activating group) is 1. The quantitative estimate of drug-likeness (QED) is 0.711. The third-order valence-corrected chi connectivity index (χ3v) is 4.05. The van der Waals surface area contributed by atoms with Crippen LogP contribution in [-0.4, -0.2) is 25.3 Å². The summed E-state index contributed by atoms with van der Waals surface area (Å²) in [6.45, 7) is 8.03. The van der Waals surface area contributed by atoms with Crippen molar-refractivity contribution in [2.75, 3.05) is 13.2 Å². The largest absolute Gasteiger partial charge is 0.377 e. The van der Waals surface area contributed by atoms with E-state index in [1.807, 2.05) is 25.1 Å². The van der Waals surface area contributed by atoms with Crippen molar-refractivity contribution in [2.24, 2.45) is 0 Å². The van der Waals surface area contributed by atoms with Gasteiger partial charge in [-0.2, -0.15) is 0 Å². The minimum absolute atomic E-state index is 0.236. The number of hydrogen-bond donors (Lipinski definition) is 1. The van der Waals surface area contributed by atoms with Gasteiger partial charge in [-0.25, -0.2) is 0 Å². The molecule has 1 N–H and O–H groups in total. The Balaban J connectivity index is 2.80. The Morgan fingerprint density at radius 3 is 2.45 bits per heavy atom. The maximum atomic E-state index is 6.09. The second-order valence-corrected chi connectivity index (χ2v) is 5.71. The van der Waals surface area contributed by atoms with Crippen molar-refractivity contribution in [1.29, 1.82) is 0 Å². The summed E-state index contributed by atoms with van der Waals surface area (Å²) in [6.07, 6.45) is 3.32. The van der Waals surface area contributed by atoms with Crippen molar-refractivity contribution in [1.82, 2.24) is 5.32 Å². The molecule has 0 aliphatic rings. The topological polar surface area (TPSA) is 21.3 Å². The maximum absolute atomic E-state index is 6.09.